The third-order valence-corrected chi connectivity index (χ3v) is 15.0. The van der Waals surface area contributed by atoms with Crippen LogP contribution >= 0.6 is 0 Å². The highest BCUT2D eigenvalue weighted by Gasteiger charge is 2.64. The van der Waals surface area contributed by atoms with Crippen LogP contribution in [0.15, 0.2) is 0 Å². The van der Waals surface area contributed by atoms with Crippen LogP contribution in [0, 0.1) is 69.0 Å². The van der Waals surface area contributed by atoms with Gasteiger partial charge in [-0.15, -0.1) is 0 Å². The molecule has 0 aromatic rings. The van der Waals surface area contributed by atoms with Gasteiger partial charge in [0.05, 0.1) is 35.4 Å². The highest BCUT2D eigenvalue weighted by Crippen LogP contribution is 2.64. The summed E-state index contributed by atoms with van der Waals surface area (Å²) in [6, 6.07) is 3.44. The van der Waals surface area contributed by atoms with Crippen molar-refractivity contribution in [3.05, 3.63) is 0 Å². The van der Waals surface area contributed by atoms with Gasteiger partial charge in [0.1, 0.15) is 12.1 Å². The lowest BCUT2D eigenvalue weighted by Gasteiger charge is -2.61. The number of carbonyl (C=O) groups is 3. The van der Waals surface area contributed by atoms with Gasteiger partial charge in [-0.05, 0) is 155 Å². The SMILES string of the molecule is N#C[C@@H]1C[C@@H]2C[C@@H]2N1C(=O)[C@@H](N)C12C[C@@H]3C[C@@H](CC(O)(C3)C1)C2.N#C[C@@H]1C[C@@H]2C[C@@H]2N1C(=O)[C@@H](N)C12C[C@@H]3C[C@@H](CC(O)(C3)C1)C2.O=C([O-])[O-]. The highest BCUT2D eigenvalue weighted by molar-refractivity contribution is 5.85. The van der Waals surface area contributed by atoms with E-state index in [1.165, 1.54) is 12.8 Å². The van der Waals surface area contributed by atoms with E-state index < -0.39 is 29.4 Å². The first-order valence-corrected chi connectivity index (χ1v) is 18.9. The minimum Gasteiger partial charge on any atom is -0.652 e. The number of fused-ring (bicyclic) bond motifs is 2. The molecule has 2 heterocycles. The third-order valence-electron chi connectivity index (χ3n) is 15.0. The van der Waals surface area contributed by atoms with E-state index in [1.807, 2.05) is 0 Å². The molecule has 0 radical (unpaired) electrons. The number of hydrogen-bond donors (Lipinski definition) is 4. The summed E-state index contributed by atoms with van der Waals surface area (Å²) < 4.78 is 0. The standard InChI is InChI=1S/2C18H25N3O2.CH2O3/c2*19-8-13-2-12-3-14(12)21(13)16(22)15(20)17-4-10-1-11(5-17)7-18(23,6-10)9-17;2-1(3)4/h2*10-15,23H,1-7,9,20H2;(H2,2,3,4)/p-2/t2*10-,11+,12-,13+,14+,15-,17?,18?;/m11./s1. The lowest BCUT2D eigenvalue weighted by atomic mass is 9.46. The first-order valence-electron chi connectivity index (χ1n) is 18.9. The number of carboxylic acid groups (broad SMARTS) is 2. The number of rotatable bonds is 4. The summed E-state index contributed by atoms with van der Waals surface area (Å²) in [6.07, 6.45) is 12.6. The summed E-state index contributed by atoms with van der Waals surface area (Å²) in [5, 5.41) is 57.2. The van der Waals surface area contributed by atoms with Crippen LogP contribution in [0.25, 0.3) is 0 Å². The van der Waals surface area contributed by atoms with Crippen molar-refractivity contribution in [3.8, 4) is 12.1 Å². The second-order valence-electron chi connectivity index (χ2n) is 18.7. The Balaban J connectivity index is 0.000000131. The Bertz CT molecular complexity index is 1400. The van der Waals surface area contributed by atoms with Gasteiger partial charge in [-0.3, -0.25) is 9.59 Å². The van der Waals surface area contributed by atoms with Gasteiger partial charge in [0.15, 0.2) is 0 Å². The van der Waals surface area contributed by atoms with Gasteiger partial charge in [0.2, 0.25) is 11.8 Å². The predicted octanol–water partition coefficient (Wildman–Crippen LogP) is -0.131. The fraction of sp³-hybridized carbons (Fsp3) is 0.865. The molecule has 2 saturated heterocycles. The Morgan fingerprint density at radius 1 is 0.620 bits per heavy atom. The number of amides is 2. The molecule has 12 aliphatic rings. The number of hydrogen-bond acceptors (Lipinski definition) is 11. The monoisotopic (exact) mass is 690 g/mol. The van der Waals surface area contributed by atoms with Crippen molar-refractivity contribution in [1.82, 2.24) is 9.80 Å². The van der Waals surface area contributed by atoms with Crippen molar-refractivity contribution < 1.29 is 34.8 Å². The smallest absolute Gasteiger partial charge is 0.241 e. The van der Waals surface area contributed by atoms with Gasteiger partial charge in [-0.2, -0.15) is 10.5 Å². The van der Waals surface area contributed by atoms with Gasteiger partial charge in [0.25, 0.3) is 0 Å². The fourth-order valence-electron chi connectivity index (χ4n) is 13.9. The van der Waals surface area contributed by atoms with Gasteiger partial charge >= 0.3 is 0 Å². The van der Waals surface area contributed by atoms with Crippen molar-refractivity contribution in [1.29, 1.82) is 10.5 Å². The average molecular weight is 691 g/mol. The number of aliphatic hydroxyl groups is 2. The molecule has 272 valence electrons. The summed E-state index contributed by atoms with van der Waals surface area (Å²) in [5.41, 5.74) is 11.4. The zero-order chi connectivity index (χ0) is 35.5. The molecule has 13 heteroatoms. The molecule has 2 amide bonds. The Morgan fingerprint density at radius 3 is 1.22 bits per heavy atom. The quantitative estimate of drug-likeness (QED) is 0.303. The number of carbonyl (C=O) groups excluding carboxylic acids is 3. The first-order chi connectivity index (χ1) is 23.6. The van der Waals surface area contributed by atoms with E-state index in [-0.39, 0.29) is 46.8 Å². The number of nitriles is 2. The van der Waals surface area contributed by atoms with Crippen molar-refractivity contribution in [2.24, 2.45) is 57.8 Å². The Hall–Kier alpha value is -2.97. The molecule has 12 fully saturated rings. The molecule has 10 saturated carbocycles. The summed E-state index contributed by atoms with van der Waals surface area (Å²) >= 11 is 0. The maximum Gasteiger partial charge on any atom is 0.241 e. The summed E-state index contributed by atoms with van der Waals surface area (Å²) in [7, 11) is 0. The van der Waals surface area contributed by atoms with E-state index >= 15 is 0 Å². The summed E-state index contributed by atoms with van der Waals surface area (Å²) in [5.74, 6) is 3.11. The van der Waals surface area contributed by atoms with Crippen molar-refractivity contribution in [3.63, 3.8) is 0 Å². The molecule has 6 N–H and O–H groups in total. The van der Waals surface area contributed by atoms with Gasteiger partial charge in [-0.1, -0.05) is 0 Å². The molecule has 13 nitrogen and oxygen atoms in total. The van der Waals surface area contributed by atoms with Crippen LogP contribution in [-0.2, 0) is 9.59 Å². The van der Waals surface area contributed by atoms with Crippen LogP contribution in [0.4, 0.5) is 4.79 Å². The molecule has 0 aromatic heterocycles. The van der Waals surface area contributed by atoms with E-state index in [4.69, 9.17) is 26.5 Å². The van der Waals surface area contributed by atoms with Crippen molar-refractivity contribution in [2.75, 3.05) is 0 Å². The number of piperidine rings is 2. The Kier molecular flexibility index (Phi) is 7.86. The molecule has 10 aliphatic carbocycles. The zero-order valence-corrected chi connectivity index (χ0v) is 28.6. The molecule has 8 bridgehead atoms. The van der Waals surface area contributed by atoms with Gasteiger partial charge in [0, 0.05) is 12.1 Å². The van der Waals surface area contributed by atoms with Crippen LogP contribution in [0.2, 0.25) is 0 Å². The normalized spacial score (nSPS) is 50.0. The van der Waals surface area contributed by atoms with Gasteiger partial charge < -0.3 is 46.5 Å². The van der Waals surface area contributed by atoms with Crippen LogP contribution in [0.1, 0.15) is 103 Å². The predicted molar refractivity (Wildman–Crippen MR) is 171 cm³/mol. The fourth-order valence-corrected chi connectivity index (χ4v) is 13.9. The number of nitrogens with two attached hydrogens (primary N) is 2. The minimum absolute atomic E-state index is 0.0212. The number of nitrogens with zero attached hydrogens (tertiary/aromatic N) is 4. The lowest BCUT2D eigenvalue weighted by Crippen LogP contribution is -2.64. The number of likely N-dealkylation sites (tertiary alicyclic amines) is 2. The summed E-state index contributed by atoms with van der Waals surface area (Å²) in [4.78, 5) is 38.2. The Morgan fingerprint density at radius 2 is 0.940 bits per heavy atom. The first kappa shape index (κ1) is 34.1. The van der Waals surface area contributed by atoms with Crippen molar-refractivity contribution in [2.45, 2.75) is 150 Å². The maximum absolute atomic E-state index is 13.1. The van der Waals surface area contributed by atoms with Gasteiger partial charge in [-0.25, -0.2) is 0 Å². The molecular weight excluding hydrogens is 640 g/mol. The molecular formula is C37H50N6O7-2. The van der Waals surface area contributed by atoms with E-state index in [9.17, 15) is 30.3 Å². The largest absolute Gasteiger partial charge is 0.652 e. The second-order valence-corrected chi connectivity index (χ2v) is 18.7. The highest BCUT2D eigenvalue weighted by atomic mass is 16.6. The molecule has 50 heavy (non-hydrogen) atoms. The lowest BCUT2D eigenvalue weighted by molar-refractivity contribution is -0.415. The Labute approximate surface area is 292 Å². The summed E-state index contributed by atoms with van der Waals surface area (Å²) in [6.45, 7) is 0. The topological polar surface area (TPSA) is 244 Å². The van der Waals surface area contributed by atoms with Crippen LogP contribution in [0.3, 0.4) is 0 Å². The molecule has 0 aromatic carbocycles. The van der Waals surface area contributed by atoms with E-state index in [0.717, 1.165) is 77.0 Å². The molecule has 4 unspecified atom stereocenters. The molecule has 12 rings (SSSR count). The molecule has 16 atom stereocenters. The van der Waals surface area contributed by atoms with E-state index in [0.29, 0.717) is 48.3 Å². The maximum atomic E-state index is 13.1. The third kappa shape index (κ3) is 5.58. The molecule has 0 spiro atoms. The van der Waals surface area contributed by atoms with Crippen LogP contribution in [-0.4, -0.2) is 85.4 Å². The molecule has 2 aliphatic heterocycles. The zero-order valence-electron chi connectivity index (χ0n) is 28.6. The average Bonchev–Trinajstić information content (AvgIpc) is 3.90. The van der Waals surface area contributed by atoms with Crippen LogP contribution < -0.4 is 21.7 Å². The minimum atomic E-state index is -2.33. The van der Waals surface area contributed by atoms with E-state index in [1.54, 1.807) is 9.80 Å². The van der Waals surface area contributed by atoms with Crippen molar-refractivity contribution >= 4 is 18.0 Å². The second kappa shape index (κ2) is 11.5. The van der Waals surface area contributed by atoms with Crippen LogP contribution in [0.5, 0.6) is 0 Å². The van der Waals surface area contributed by atoms with E-state index in [2.05, 4.69) is 12.1 Å².